The molecule has 1 N–H and O–H groups in total. The summed E-state index contributed by atoms with van der Waals surface area (Å²) in [5, 5.41) is 8.82. The van der Waals surface area contributed by atoms with Crippen molar-refractivity contribution in [2.75, 3.05) is 13.1 Å². The van der Waals surface area contributed by atoms with Crippen molar-refractivity contribution in [1.29, 1.82) is 0 Å². The third-order valence-electron chi connectivity index (χ3n) is 2.61. The molecule has 0 bridgehead atoms. The van der Waals surface area contributed by atoms with Crippen molar-refractivity contribution < 1.29 is 14.7 Å². The van der Waals surface area contributed by atoms with Gasteiger partial charge in [0.15, 0.2) is 0 Å². The highest BCUT2D eigenvalue weighted by Crippen LogP contribution is 2.17. The van der Waals surface area contributed by atoms with Crippen LogP contribution in [0.1, 0.15) is 16.9 Å². The molecule has 1 fully saturated rings. The molecule has 84 valence electrons. The summed E-state index contributed by atoms with van der Waals surface area (Å²) >= 11 is 0. The molecule has 6 nitrogen and oxygen atoms in total. The Bertz CT molecular complexity index is 407. The smallest absolute Gasteiger partial charge is 0.308 e. The number of aromatic nitrogens is 2. The van der Waals surface area contributed by atoms with Gasteiger partial charge in [0.05, 0.1) is 12.1 Å². The Morgan fingerprint density at radius 1 is 1.44 bits per heavy atom. The Morgan fingerprint density at radius 3 is 2.81 bits per heavy atom. The molecule has 6 heteroatoms. The normalized spacial score (nSPS) is 19.8. The first-order valence-corrected chi connectivity index (χ1v) is 4.96. The fourth-order valence-corrected chi connectivity index (χ4v) is 1.72. The van der Waals surface area contributed by atoms with Crippen LogP contribution < -0.4 is 0 Å². The zero-order valence-electron chi connectivity index (χ0n) is 8.54. The van der Waals surface area contributed by atoms with Crippen molar-refractivity contribution in [2.24, 2.45) is 5.92 Å². The summed E-state index contributed by atoms with van der Waals surface area (Å²) in [5.74, 6) is -1.56. The van der Waals surface area contributed by atoms with E-state index >= 15 is 0 Å². The van der Waals surface area contributed by atoms with E-state index in [0.717, 1.165) is 0 Å². The number of hydrogen-bond acceptors (Lipinski definition) is 4. The first-order chi connectivity index (χ1) is 7.68. The largest absolute Gasteiger partial charge is 0.481 e. The second-order valence-corrected chi connectivity index (χ2v) is 3.67. The Labute approximate surface area is 91.9 Å². The van der Waals surface area contributed by atoms with Gasteiger partial charge in [-0.3, -0.25) is 14.6 Å². The van der Waals surface area contributed by atoms with Gasteiger partial charge in [-0.25, -0.2) is 4.98 Å². The van der Waals surface area contributed by atoms with Gasteiger partial charge in [-0.2, -0.15) is 0 Å². The van der Waals surface area contributed by atoms with Crippen LogP contribution in [0.4, 0.5) is 0 Å². The van der Waals surface area contributed by atoms with Gasteiger partial charge < -0.3 is 10.0 Å². The first-order valence-electron chi connectivity index (χ1n) is 4.96. The van der Waals surface area contributed by atoms with E-state index in [1.54, 1.807) is 0 Å². The molecule has 1 amide bonds. The number of hydrogen-bond donors (Lipinski definition) is 1. The molecule has 0 aliphatic carbocycles. The lowest BCUT2D eigenvalue weighted by Crippen LogP contribution is -2.30. The van der Waals surface area contributed by atoms with Crippen LogP contribution in [0.25, 0.3) is 0 Å². The Kier molecular flexibility index (Phi) is 2.80. The SMILES string of the molecule is O=C(O)[C@H]1CCN(C(=O)c2cnccn2)C1. The molecular formula is C10H11N3O3. The van der Waals surface area contributed by atoms with Gasteiger partial charge in [0, 0.05) is 25.5 Å². The quantitative estimate of drug-likeness (QED) is 0.761. The van der Waals surface area contributed by atoms with Gasteiger partial charge in [0.2, 0.25) is 0 Å². The zero-order chi connectivity index (χ0) is 11.5. The highest BCUT2D eigenvalue weighted by atomic mass is 16.4. The summed E-state index contributed by atoms with van der Waals surface area (Å²) in [6.45, 7) is 0.719. The minimum atomic E-state index is -0.852. The van der Waals surface area contributed by atoms with E-state index in [4.69, 9.17) is 5.11 Å². The second-order valence-electron chi connectivity index (χ2n) is 3.67. The molecule has 0 radical (unpaired) electrons. The molecule has 16 heavy (non-hydrogen) atoms. The topological polar surface area (TPSA) is 83.4 Å². The number of carboxylic acids is 1. The van der Waals surface area contributed by atoms with E-state index < -0.39 is 11.9 Å². The van der Waals surface area contributed by atoms with E-state index in [0.29, 0.717) is 13.0 Å². The molecule has 0 aromatic carbocycles. The molecule has 0 saturated carbocycles. The third kappa shape index (κ3) is 2.00. The summed E-state index contributed by atoms with van der Waals surface area (Å²) in [5.41, 5.74) is 0.258. The van der Waals surface area contributed by atoms with E-state index in [1.165, 1.54) is 23.5 Å². The molecule has 1 aliphatic rings. The fourth-order valence-electron chi connectivity index (χ4n) is 1.72. The van der Waals surface area contributed by atoms with E-state index in [9.17, 15) is 9.59 Å². The first kappa shape index (κ1) is 10.5. The lowest BCUT2D eigenvalue weighted by atomic mass is 10.1. The predicted octanol–water partition coefficient (Wildman–Crippen LogP) is 0.0233. The fraction of sp³-hybridized carbons (Fsp3) is 0.400. The van der Waals surface area contributed by atoms with E-state index in [-0.39, 0.29) is 18.1 Å². The van der Waals surface area contributed by atoms with Crippen LogP contribution in [-0.2, 0) is 4.79 Å². The van der Waals surface area contributed by atoms with Gasteiger partial charge in [-0.05, 0) is 6.42 Å². The van der Waals surface area contributed by atoms with Crippen molar-refractivity contribution >= 4 is 11.9 Å². The number of aliphatic carboxylic acids is 1. The van der Waals surface area contributed by atoms with Crippen molar-refractivity contribution in [3.8, 4) is 0 Å². The number of amides is 1. The lowest BCUT2D eigenvalue weighted by Gasteiger charge is -2.14. The summed E-state index contributed by atoms with van der Waals surface area (Å²) in [7, 11) is 0. The lowest BCUT2D eigenvalue weighted by molar-refractivity contribution is -0.141. The van der Waals surface area contributed by atoms with Gasteiger partial charge in [-0.1, -0.05) is 0 Å². The molecule has 1 aromatic rings. The van der Waals surface area contributed by atoms with Crippen molar-refractivity contribution in [3.05, 3.63) is 24.3 Å². The average molecular weight is 221 g/mol. The minimum absolute atomic E-state index is 0.253. The number of carboxylic acid groups (broad SMARTS) is 1. The van der Waals surface area contributed by atoms with Gasteiger partial charge in [-0.15, -0.1) is 0 Å². The number of rotatable bonds is 2. The maximum atomic E-state index is 11.8. The average Bonchev–Trinajstić information content (AvgIpc) is 2.78. The highest BCUT2D eigenvalue weighted by molar-refractivity contribution is 5.92. The monoisotopic (exact) mass is 221 g/mol. The summed E-state index contributed by atoms with van der Waals surface area (Å²) < 4.78 is 0. The predicted molar refractivity (Wildman–Crippen MR) is 53.7 cm³/mol. The maximum absolute atomic E-state index is 11.8. The van der Waals surface area contributed by atoms with Crippen LogP contribution in [0.15, 0.2) is 18.6 Å². The summed E-state index contributed by atoms with van der Waals surface area (Å²) in [4.78, 5) is 31.8. The van der Waals surface area contributed by atoms with Crippen LogP contribution in [-0.4, -0.2) is 44.9 Å². The standard InChI is InChI=1S/C10H11N3O3/c14-9(8-5-11-2-3-12-8)13-4-1-7(6-13)10(15)16/h2-3,5,7H,1,4,6H2,(H,15,16)/t7-/m0/s1. The Morgan fingerprint density at radius 2 is 2.25 bits per heavy atom. The van der Waals surface area contributed by atoms with Crippen LogP contribution in [0, 0.1) is 5.92 Å². The molecule has 1 atom stereocenters. The van der Waals surface area contributed by atoms with Crippen molar-refractivity contribution in [3.63, 3.8) is 0 Å². The summed E-state index contributed by atoms with van der Waals surface area (Å²) in [6.07, 6.45) is 4.82. The molecule has 0 spiro atoms. The minimum Gasteiger partial charge on any atom is -0.481 e. The van der Waals surface area contributed by atoms with Gasteiger partial charge in [0.25, 0.3) is 5.91 Å². The maximum Gasteiger partial charge on any atom is 0.308 e. The second kappa shape index (κ2) is 4.26. The molecular weight excluding hydrogens is 210 g/mol. The number of carbonyl (C=O) groups excluding carboxylic acids is 1. The van der Waals surface area contributed by atoms with Crippen LogP contribution in [0.2, 0.25) is 0 Å². The third-order valence-corrected chi connectivity index (χ3v) is 2.61. The molecule has 1 aliphatic heterocycles. The summed E-state index contributed by atoms with van der Waals surface area (Å²) in [6, 6.07) is 0. The molecule has 1 aromatic heterocycles. The van der Waals surface area contributed by atoms with Gasteiger partial charge >= 0.3 is 5.97 Å². The van der Waals surface area contributed by atoms with Crippen molar-refractivity contribution in [1.82, 2.24) is 14.9 Å². The van der Waals surface area contributed by atoms with Crippen LogP contribution in [0.5, 0.6) is 0 Å². The highest BCUT2D eigenvalue weighted by Gasteiger charge is 2.31. The Hall–Kier alpha value is -1.98. The molecule has 2 rings (SSSR count). The van der Waals surface area contributed by atoms with Crippen LogP contribution >= 0.6 is 0 Å². The molecule has 2 heterocycles. The number of carbonyl (C=O) groups is 2. The molecule has 0 unspecified atom stereocenters. The van der Waals surface area contributed by atoms with E-state index in [2.05, 4.69) is 9.97 Å². The van der Waals surface area contributed by atoms with E-state index in [1.807, 2.05) is 0 Å². The van der Waals surface area contributed by atoms with Crippen LogP contribution in [0.3, 0.4) is 0 Å². The zero-order valence-corrected chi connectivity index (χ0v) is 8.54. The molecule has 1 saturated heterocycles. The number of likely N-dealkylation sites (tertiary alicyclic amines) is 1. The number of nitrogens with zero attached hydrogens (tertiary/aromatic N) is 3. The Balaban J connectivity index is 2.05. The van der Waals surface area contributed by atoms with Gasteiger partial charge in [0.1, 0.15) is 5.69 Å². The van der Waals surface area contributed by atoms with Crippen molar-refractivity contribution in [2.45, 2.75) is 6.42 Å².